The largest absolute Gasteiger partial charge is 0.379 e. The summed E-state index contributed by atoms with van der Waals surface area (Å²) in [6.07, 6.45) is 2.30. The zero-order chi connectivity index (χ0) is 8.97. The van der Waals surface area contributed by atoms with Crippen molar-refractivity contribution in [1.82, 2.24) is 9.97 Å². The first kappa shape index (κ1) is 8.58. The fourth-order valence-corrected chi connectivity index (χ4v) is 0.801. The van der Waals surface area contributed by atoms with Gasteiger partial charge in [-0.05, 0) is 6.42 Å². The highest BCUT2D eigenvalue weighted by molar-refractivity contribution is 5.36. The average molecular weight is 169 g/mol. The Bertz CT molecular complexity index is 352. The molecule has 0 bridgehead atoms. The Morgan fingerprint density at radius 1 is 1.50 bits per heavy atom. The smallest absolute Gasteiger partial charge is 0.325 e. The Labute approximate surface area is 68.8 Å². The van der Waals surface area contributed by atoms with Crippen molar-refractivity contribution < 1.29 is 0 Å². The molecule has 0 radical (unpaired) electrons. The fraction of sp³-hybridized carbons (Fsp3) is 0.429. The van der Waals surface area contributed by atoms with Gasteiger partial charge in [0.2, 0.25) is 0 Å². The molecule has 0 saturated heterocycles. The second-order valence-corrected chi connectivity index (χ2v) is 2.41. The van der Waals surface area contributed by atoms with Crippen LogP contribution in [0.1, 0.15) is 13.3 Å². The predicted octanol–water partition coefficient (Wildman–Crippen LogP) is -0.115. The molecule has 1 aromatic rings. The molecule has 0 spiro atoms. The van der Waals surface area contributed by atoms with Crippen LogP contribution in [0.5, 0.6) is 0 Å². The molecule has 1 heterocycles. The molecule has 0 saturated carbocycles. The van der Waals surface area contributed by atoms with Crippen molar-refractivity contribution in [2.75, 3.05) is 11.9 Å². The van der Waals surface area contributed by atoms with Gasteiger partial charge in [0.15, 0.2) is 0 Å². The van der Waals surface area contributed by atoms with Gasteiger partial charge < -0.3 is 10.3 Å². The number of anilines is 1. The second-order valence-electron chi connectivity index (χ2n) is 2.41. The van der Waals surface area contributed by atoms with Gasteiger partial charge in [-0.2, -0.15) is 0 Å². The summed E-state index contributed by atoms with van der Waals surface area (Å²) in [6, 6.07) is 0. The standard InChI is InChI=1S/C7H11N3O2/c1-2-3-8-5-4-9-7(12)10-6(5)11/h4,8H,2-3H2,1H3,(H2,9,10,11,12). The number of hydrogen-bond acceptors (Lipinski definition) is 3. The summed E-state index contributed by atoms with van der Waals surface area (Å²) in [5.41, 5.74) is -0.467. The zero-order valence-corrected chi connectivity index (χ0v) is 6.81. The molecule has 0 aliphatic heterocycles. The van der Waals surface area contributed by atoms with Crippen LogP contribution in [0.3, 0.4) is 0 Å². The van der Waals surface area contributed by atoms with Gasteiger partial charge in [-0.25, -0.2) is 4.79 Å². The molecule has 66 valence electrons. The Kier molecular flexibility index (Phi) is 2.68. The lowest BCUT2D eigenvalue weighted by Gasteiger charge is -2.00. The number of aromatic nitrogens is 2. The summed E-state index contributed by atoms with van der Waals surface area (Å²) >= 11 is 0. The van der Waals surface area contributed by atoms with Crippen LogP contribution in [0.15, 0.2) is 15.8 Å². The molecule has 5 heteroatoms. The molecule has 5 nitrogen and oxygen atoms in total. The number of H-pyrrole nitrogens is 2. The van der Waals surface area contributed by atoms with Crippen molar-refractivity contribution in [3.8, 4) is 0 Å². The summed E-state index contributed by atoms with van der Waals surface area (Å²) in [4.78, 5) is 26.1. The third-order valence-corrected chi connectivity index (χ3v) is 1.38. The van der Waals surface area contributed by atoms with E-state index in [1.807, 2.05) is 6.92 Å². The van der Waals surface area contributed by atoms with Crippen LogP contribution in [0, 0.1) is 0 Å². The van der Waals surface area contributed by atoms with Crippen molar-refractivity contribution >= 4 is 5.69 Å². The van der Waals surface area contributed by atoms with E-state index in [1.165, 1.54) is 6.20 Å². The Morgan fingerprint density at radius 2 is 2.25 bits per heavy atom. The highest BCUT2D eigenvalue weighted by atomic mass is 16.2. The van der Waals surface area contributed by atoms with Crippen molar-refractivity contribution in [3.05, 3.63) is 27.0 Å². The van der Waals surface area contributed by atoms with Crippen molar-refractivity contribution in [1.29, 1.82) is 0 Å². The summed E-state index contributed by atoms with van der Waals surface area (Å²) < 4.78 is 0. The van der Waals surface area contributed by atoms with Crippen molar-refractivity contribution in [2.24, 2.45) is 0 Å². The maximum atomic E-state index is 11.0. The van der Waals surface area contributed by atoms with Gasteiger partial charge in [0.25, 0.3) is 5.56 Å². The molecule has 0 atom stereocenters. The lowest BCUT2D eigenvalue weighted by molar-refractivity contribution is 0.957. The minimum Gasteiger partial charge on any atom is -0.379 e. The topological polar surface area (TPSA) is 77.8 Å². The van der Waals surface area contributed by atoms with Gasteiger partial charge in [0.05, 0.1) is 0 Å². The first-order valence-electron chi connectivity index (χ1n) is 3.80. The monoisotopic (exact) mass is 169 g/mol. The van der Waals surface area contributed by atoms with E-state index in [0.717, 1.165) is 13.0 Å². The van der Waals surface area contributed by atoms with Crippen LogP contribution < -0.4 is 16.6 Å². The highest BCUT2D eigenvalue weighted by Crippen LogP contribution is 1.91. The molecule has 1 rings (SSSR count). The van der Waals surface area contributed by atoms with Crippen molar-refractivity contribution in [3.63, 3.8) is 0 Å². The van der Waals surface area contributed by atoms with Gasteiger partial charge in [-0.1, -0.05) is 6.92 Å². The van der Waals surface area contributed by atoms with E-state index in [4.69, 9.17) is 0 Å². The fourth-order valence-electron chi connectivity index (χ4n) is 0.801. The Morgan fingerprint density at radius 3 is 2.83 bits per heavy atom. The third-order valence-electron chi connectivity index (χ3n) is 1.38. The molecule has 3 N–H and O–H groups in total. The lowest BCUT2D eigenvalue weighted by Crippen LogP contribution is -2.24. The predicted molar refractivity (Wildman–Crippen MR) is 46.5 cm³/mol. The normalized spacial score (nSPS) is 9.75. The minimum absolute atomic E-state index is 0.382. The molecule has 0 aliphatic rings. The van der Waals surface area contributed by atoms with E-state index >= 15 is 0 Å². The number of nitrogens with one attached hydrogen (secondary N) is 3. The summed E-state index contributed by atoms with van der Waals surface area (Å²) in [6.45, 7) is 2.71. The first-order chi connectivity index (χ1) is 5.74. The average Bonchev–Trinajstić information content (AvgIpc) is 2.03. The molecule has 0 fully saturated rings. The van der Waals surface area contributed by atoms with Gasteiger partial charge in [0.1, 0.15) is 5.69 Å². The van der Waals surface area contributed by atoms with E-state index in [1.54, 1.807) is 0 Å². The highest BCUT2D eigenvalue weighted by Gasteiger charge is 1.96. The molecule has 0 amide bonds. The number of hydrogen-bond donors (Lipinski definition) is 3. The Balaban J connectivity index is 2.87. The first-order valence-corrected chi connectivity index (χ1v) is 3.80. The van der Waals surface area contributed by atoms with Gasteiger partial charge in [-0.15, -0.1) is 0 Å². The van der Waals surface area contributed by atoms with E-state index in [9.17, 15) is 9.59 Å². The van der Waals surface area contributed by atoms with Crippen LogP contribution >= 0.6 is 0 Å². The van der Waals surface area contributed by atoms with E-state index in [-0.39, 0.29) is 5.56 Å². The molecule has 12 heavy (non-hydrogen) atoms. The van der Waals surface area contributed by atoms with Gasteiger partial charge in [0, 0.05) is 12.7 Å². The van der Waals surface area contributed by atoms with Crippen LogP contribution in [0.25, 0.3) is 0 Å². The van der Waals surface area contributed by atoms with E-state index in [2.05, 4.69) is 15.3 Å². The molecule has 0 aromatic carbocycles. The summed E-state index contributed by atoms with van der Waals surface area (Å²) in [7, 11) is 0. The van der Waals surface area contributed by atoms with Crippen LogP contribution in [0.4, 0.5) is 5.69 Å². The molecule has 0 aliphatic carbocycles. The third kappa shape index (κ3) is 1.98. The van der Waals surface area contributed by atoms with Crippen LogP contribution in [-0.4, -0.2) is 16.5 Å². The van der Waals surface area contributed by atoms with Crippen LogP contribution in [0.2, 0.25) is 0 Å². The summed E-state index contributed by atoms with van der Waals surface area (Å²) in [5, 5.41) is 2.88. The quantitative estimate of drug-likeness (QED) is 0.590. The van der Waals surface area contributed by atoms with Crippen molar-refractivity contribution in [2.45, 2.75) is 13.3 Å². The number of aromatic amines is 2. The molecular formula is C7H11N3O2. The maximum Gasteiger partial charge on any atom is 0.325 e. The Hall–Kier alpha value is -1.52. The zero-order valence-electron chi connectivity index (χ0n) is 6.81. The molecular weight excluding hydrogens is 158 g/mol. The minimum atomic E-state index is -0.484. The molecule has 0 unspecified atom stereocenters. The lowest BCUT2D eigenvalue weighted by atomic mass is 10.4. The SMILES string of the molecule is CCCNc1c[nH]c(=O)[nH]c1=O. The molecule has 1 aromatic heterocycles. The maximum absolute atomic E-state index is 11.0. The van der Waals surface area contributed by atoms with E-state index in [0.29, 0.717) is 5.69 Å². The van der Waals surface area contributed by atoms with Crippen LogP contribution in [-0.2, 0) is 0 Å². The van der Waals surface area contributed by atoms with E-state index < -0.39 is 5.69 Å². The second kappa shape index (κ2) is 3.75. The summed E-state index contributed by atoms with van der Waals surface area (Å²) in [5.74, 6) is 0. The van der Waals surface area contributed by atoms with Gasteiger partial charge in [-0.3, -0.25) is 9.78 Å². The van der Waals surface area contributed by atoms with Gasteiger partial charge >= 0.3 is 5.69 Å². The number of rotatable bonds is 3.